The predicted molar refractivity (Wildman–Crippen MR) is 64.6 cm³/mol. The molecule has 7 heteroatoms. The number of rotatable bonds is 5. The molecule has 6 nitrogen and oxygen atoms in total. The van der Waals surface area contributed by atoms with Crippen LogP contribution in [0.3, 0.4) is 0 Å². The molecule has 1 aromatic carbocycles. The van der Waals surface area contributed by atoms with Gasteiger partial charge < -0.3 is 16.8 Å². The second-order valence-corrected chi connectivity index (χ2v) is 5.03. The third-order valence-corrected chi connectivity index (χ3v) is 3.48. The van der Waals surface area contributed by atoms with Gasteiger partial charge >= 0.3 is 0 Å². The maximum Gasteiger partial charge on any atom is 0.242 e. The van der Waals surface area contributed by atoms with Crippen LogP contribution >= 0.6 is 0 Å². The number of anilines is 2. The minimum Gasteiger partial charge on any atom is -0.399 e. The van der Waals surface area contributed by atoms with Crippen molar-refractivity contribution in [3.05, 3.63) is 18.2 Å². The van der Waals surface area contributed by atoms with Crippen LogP contribution in [0.5, 0.6) is 0 Å². The second-order valence-electron chi connectivity index (χ2n) is 3.18. The Morgan fingerprint density at radius 2 is 2.06 bits per heavy atom. The molecule has 0 saturated heterocycles. The Hall–Kier alpha value is -1.31. The van der Waals surface area contributed by atoms with Crippen molar-refractivity contribution in [2.75, 3.05) is 31.2 Å². The van der Waals surface area contributed by atoms with Crippen molar-refractivity contribution in [3.63, 3.8) is 0 Å². The molecule has 0 bridgehead atoms. The van der Waals surface area contributed by atoms with E-state index in [0.29, 0.717) is 24.5 Å². The summed E-state index contributed by atoms with van der Waals surface area (Å²) in [5.41, 5.74) is 11.8. The van der Waals surface area contributed by atoms with Crippen LogP contribution in [0.4, 0.5) is 11.4 Å². The molecule has 0 aliphatic heterocycles. The SMILES string of the molecule is CNS(=O)(=O)c1cc(N)ccc1NCCN. The highest BCUT2D eigenvalue weighted by Gasteiger charge is 2.16. The highest BCUT2D eigenvalue weighted by Crippen LogP contribution is 2.23. The lowest BCUT2D eigenvalue weighted by Crippen LogP contribution is -2.21. The third kappa shape index (κ3) is 2.84. The summed E-state index contributed by atoms with van der Waals surface area (Å²) in [6.07, 6.45) is 0. The van der Waals surface area contributed by atoms with E-state index in [1.165, 1.54) is 13.1 Å². The van der Waals surface area contributed by atoms with E-state index in [1.807, 2.05) is 0 Å². The molecule has 0 aliphatic rings. The van der Waals surface area contributed by atoms with Crippen molar-refractivity contribution in [1.29, 1.82) is 0 Å². The Balaban J connectivity index is 3.18. The minimum atomic E-state index is -3.52. The fourth-order valence-electron chi connectivity index (χ4n) is 1.22. The van der Waals surface area contributed by atoms with Crippen molar-refractivity contribution in [3.8, 4) is 0 Å². The zero-order valence-corrected chi connectivity index (χ0v) is 9.84. The molecule has 0 aromatic heterocycles. The highest BCUT2D eigenvalue weighted by atomic mass is 32.2. The van der Waals surface area contributed by atoms with Gasteiger partial charge in [-0.2, -0.15) is 0 Å². The maximum absolute atomic E-state index is 11.7. The first-order valence-electron chi connectivity index (χ1n) is 4.78. The van der Waals surface area contributed by atoms with E-state index in [1.54, 1.807) is 12.1 Å². The topological polar surface area (TPSA) is 110 Å². The number of hydrogen-bond donors (Lipinski definition) is 4. The number of hydrogen-bond acceptors (Lipinski definition) is 5. The van der Waals surface area contributed by atoms with Gasteiger partial charge in [-0.05, 0) is 25.2 Å². The van der Waals surface area contributed by atoms with Crippen LogP contribution in [0, 0.1) is 0 Å². The van der Waals surface area contributed by atoms with Gasteiger partial charge in [0, 0.05) is 18.8 Å². The predicted octanol–water partition coefficient (Wildman–Crippen LogP) is -0.452. The number of benzene rings is 1. The maximum atomic E-state index is 11.7. The molecule has 6 N–H and O–H groups in total. The van der Waals surface area contributed by atoms with Crippen LogP contribution in [0.15, 0.2) is 23.1 Å². The van der Waals surface area contributed by atoms with E-state index in [-0.39, 0.29) is 4.90 Å². The number of nitrogens with two attached hydrogens (primary N) is 2. The Bertz CT molecular complexity index is 459. The highest BCUT2D eigenvalue weighted by molar-refractivity contribution is 7.89. The molecule has 16 heavy (non-hydrogen) atoms. The first-order valence-corrected chi connectivity index (χ1v) is 6.26. The van der Waals surface area contributed by atoms with Gasteiger partial charge in [0.25, 0.3) is 0 Å². The quantitative estimate of drug-likeness (QED) is 0.524. The summed E-state index contributed by atoms with van der Waals surface area (Å²) in [6, 6.07) is 4.66. The lowest BCUT2D eigenvalue weighted by molar-refractivity contribution is 0.588. The molecular formula is C9H16N4O2S. The van der Waals surface area contributed by atoms with Crippen LogP contribution in [0.1, 0.15) is 0 Å². The molecule has 90 valence electrons. The molecule has 0 radical (unpaired) electrons. The van der Waals surface area contributed by atoms with Crippen molar-refractivity contribution >= 4 is 21.4 Å². The summed E-state index contributed by atoms with van der Waals surface area (Å²) in [7, 11) is -2.16. The molecule has 1 aromatic rings. The van der Waals surface area contributed by atoms with Crippen molar-refractivity contribution < 1.29 is 8.42 Å². The van der Waals surface area contributed by atoms with Crippen molar-refractivity contribution in [2.45, 2.75) is 4.90 Å². The molecule has 0 spiro atoms. The van der Waals surface area contributed by atoms with Gasteiger partial charge in [-0.3, -0.25) is 0 Å². The van der Waals surface area contributed by atoms with Crippen LogP contribution in [-0.4, -0.2) is 28.6 Å². The smallest absolute Gasteiger partial charge is 0.242 e. The van der Waals surface area contributed by atoms with Gasteiger partial charge in [0.05, 0.1) is 5.69 Å². The summed E-state index contributed by atoms with van der Waals surface area (Å²) >= 11 is 0. The van der Waals surface area contributed by atoms with E-state index in [0.717, 1.165) is 0 Å². The van der Waals surface area contributed by atoms with Gasteiger partial charge in [0.15, 0.2) is 0 Å². The summed E-state index contributed by atoms with van der Waals surface area (Å²) in [5, 5.41) is 2.93. The Labute approximate surface area is 95.1 Å². The molecule has 0 unspecified atom stereocenters. The Morgan fingerprint density at radius 1 is 1.38 bits per heavy atom. The summed E-state index contributed by atoms with van der Waals surface area (Å²) < 4.78 is 25.6. The molecular weight excluding hydrogens is 228 g/mol. The van der Waals surface area contributed by atoms with E-state index < -0.39 is 10.0 Å². The third-order valence-electron chi connectivity index (χ3n) is 2.02. The zero-order valence-electron chi connectivity index (χ0n) is 9.03. The van der Waals surface area contributed by atoms with Crippen LogP contribution in [0.2, 0.25) is 0 Å². The average molecular weight is 244 g/mol. The minimum absolute atomic E-state index is 0.128. The lowest BCUT2D eigenvalue weighted by Gasteiger charge is -2.12. The fourth-order valence-corrected chi connectivity index (χ4v) is 2.16. The molecule has 1 rings (SSSR count). The second kappa shape index (κ2) is 5.15. The summed E-state index contributed by atoms with van der Waals surface area (Å²) in [6.45, 7) is 0.916. The van der Waals surface area contributed by atoms with E-state index in [4.69, 9.17) is 11.5 Å². The Kier molecular flexibility index (Phi) is 4.11. The van der Waals surface area contributed by atoms with Crippen LogP contribution < -0.4 is 21.5 Å². The first kappa shape index (κ1) is 12.8. The molecule has 0 fully saturated rings. The number of nitrogen functional groups attached to an aromatic ring is 1. The molecule has 0 heterocycles. The van der Waals surface area contributed by atoms with E-state index in [9.17, 15) is 8.42 Å². The van der Waals surface area contributed by atoms with E-state index in [2.05, 4.69) is 10.0 Å². The standard InChI is InChI=1S/C9H16N4O2S/c1-12-16(14,15)9-6-7(11)2-3-8(9)13-5-4-10/h2-3,6,12-13H,4-5,10-11H2,1H3. The van der Waals surface area contributed by atoms with Crippen molar-refractivity contribution in [1.82, 2.24) is 4.72 Å². The summed E-state index contributed by atoms with van der Waals surface area (Å²) in [4.78, 5) is 0.128. The van der Waals surface area contributed by atoms with Gasteiger partial charge in [0.2, 0.25) is 10.0 Å². The Morgan fingerprint density at radius 3 is 2.62 bits per heavy atom. The van der Waals surface area contributed by atoms with E-state index >= 15 is 0 Å². The largest absolute Gasteiger partial charge is 0.399 e. The fraction of sp³-hybridized carbons (Fsp3) is 0.333. The van der Waals surface area contributed by atoms with Gasteiger partial charge in [-0.15, -0.1) is 0 Å². The normalized spacial score (nSPS) is 11.4. The number of nitrogens with one attached hydrogen (secondary N) is 2. The monoisotopic (exact) mass is 244 g/mol. The molecule has 0 saturated carbocycles. The molecule has 0 amide bonds. The van der Waals surface area contributed by atoms with Crippen molar-refractivity contribution in [2.24, 2.45) is 5.73 Å². The average Bonchev–Trinajstić information content (AvgIpc) is 2.27. The van der Waals surface area contributed by atoms with Gasteiger partial charge in [-0.25, -0.2) is 13.1 Å². The molecule has 0 aliphatic carbocycles. The summed E-state index contributed by atoms with van der Waals surface area (Å²) in [5.74, 6) is 0. The zero-order chi connectivity index (χ0) is 12.2. The van der Waals surface area contributed by atoms with Crippen LogP contribution in [-0.2, 0) is 10.0 Å². The van der Waals surface area contributed by atoms with Gasteiger partial charge in [0.1, 0.15) is 4.90 Å². The first-order chi connectivity index (χ1) is 7.51. The number of sulfonamides is 1. The van der Waals surface area contributed by atoms with Crippen LogP contribution in [0.25, 0.3) is 0 Å². The van der Waals surface area contributed by atoms with Gasteiger partial charge in [-0.1, -0.05) is 0 Å². The lowest BCUT2D eigenvalue weighted by atomic mass is 10.3. The molecule has 0 atom stereocenters.